The lowest BCUT2D eigenvalue weighted by molar-refractivity contribution is -0.108. The van der Waals surface area contributed by atoms with Crippen molar-refractivity contribution in [1.29, 1.82) is 0 Å². The van der Waals surface area contributed by atoms with Crippen LogP contribution in [0, 0.1) is 0 Å². The van der Waals surface area contributed by atoms with Crippen molar-refractivity contribution in [1.82, 2.24) is 0 Å². The Balaban J connectivity index is 2.39. The zero-order chi connectivity index (χ0) is 13.7. The largest absolute Gasteiger partial charge is 0.303 e. The number of ketones is 1. The lowest BCUT2D eigenvalue weighted by Gasteiger charge is -2.15. The Bertz CT molecular complexity index is 578. The van der Waals surface area contributed by atoms with E-state index < -0.39 is 5.92 Å². The number of hydrogen-bond donors (Lipinski definition) is 0. The van der Waals surface area contributed by atoms with Gasteiger partial charge in [-0.05, 0) is 11.6 Å². The lowest BCUT2D eigenvalue weighted by atomic mass is 9.88. The highest BCUT2D eigenvalue weighted by atomic mass is 35.5. The monoisotopic (exact) mass is 272 g/mol. The Hall–Kier alpha value is -1.93. The first-order valence-electron chi connectivity index (χ1n) is 6.01. The van der Waals surface area contributed by atoms with Crippen LogP contribution in [0.1, 0.15) is 28.3 Å². The van der Waals surface area contributed by atoms with E-state index in [0.29, 0.717) is 16.1 Å². The Morgan fingerprint density at radius 1 is 1.05 bits per heavy atom. The molecule has 0 N–H and O–H groups in total. The predicted molar refractivity (Wildman–Crippen MR) is 75.6 cm³/mol. The molecule has 0 aliphatic carbocycles. The molecule has 1 atom stereocenters. The molecule has 0 aliphatic heterocycles. The van der Waals surface area contributed by atoms with Crippen LogP contribution in [-0.2, 0) is 4.79 Å². The van der Waals surface area contributed by atoms with Crippen LogP contribution in [-0.4, -0.2) is 12.1 Å². The van der Waals surface area contributed by atoms with Crippen molar-refractivity contribution >= 4 is 23.7 Å². The molecule has 0 amide bonds. The van der Waals surface area contributed by atoms with Gasteiger partial charge in [-0.1, -0.05) is 60.1 Å². The molecule has 0 aliphatic rings. The molecule has 2 nitrogen and oxygen atoms in total. The van der Waals surface area contributed by atoms with E-state index in [4.69, 9.17) is 11.6 Å². The first-order chi connectivity index (χ1) is 9.24. The van der Waals surface area contributed by atoms with Gasteiger partial charge in [0.25, 0.3) is 0 Å². The van der Waals surface area contributed by atoms with Crippen LogP contribution >= 0.6 is 11.6 Å². The molecule has 2 aromatic carbocycles. The maximum Gasteiger partial charge on any atom is 0.170 e. The summed E-state index contributed by atoms with van der Waals surface area (Å²) in [7, 11) is 0. The zero-order valence-electron chi connectivity index (χ0n) is 10.3. The zero-order valence-corrected chi connectivity index (χ0v) is 11.0. The Labute approximate surface area is 117 Å². The molecule has 2 aromatic rings. The Kier molecular flexibility index (Phi) is 4.48. The van der Waals surface area contributed by atoms with Gasteiger partial charge in [-0.2, -0.15) is 0 Å². The number of hydrogen-bond acceptors (Lipinski definition) is 2. The number of halogens is 1. The summed E-state index contributed by atoms with van der Waals surface area (Å²) in [5, 5.41) is 0.513. The van der Waals surface area contributed by atoms with Crippen molar-refractivity contribution in [2.75, 3.05) is 0 Å². The molecule has 0 radical (unpaired) electrons. The summed E-state index contributed by atoms with van der Waals surface area (Å²) >= 11 is 6.12. The van der Waals surface area contributed by atoms with Crippen molar-refractivity contribution in [2.45, 2.75) is 12.3 Å². The molecule has 0 saturated heterocycles. The topological polar surface area (TPSA) is 34.1 Å². The summed E-state index contributed by atoms with van der Waals surface area (Å²) in [5.74, 6) is -0.602. The van der Waals surface area contributed by atoms with E-state index in [-0.39, 0.29) is 12.2 Å². The van der Waals surface area contributed by atoms with E-state index in [0.717, 1.165) is 6.29 Å². The highest BCUT2D eigenvalue weighted by Crippen LogP contribution is 2.29. The van der Waals surface area contributed by atoms with E-state index >= 15 is 0 Å². The fourth-order valence-electron chi connectivity index (χ4n) is 2.03. The van der Waals surface area contributed by atoms with Gasteiger partial charge in [0.1, 0.15) is 6.29 Å². The van der Waals surface area contributed by atoms with Gasteiger partial charge in [0.05, 0.1) is 5.92 Å². The number of carbonyl (C=O) groups is 2. The normalized spacial score (nSPS) is 11.8. The van der Waals surface area contributed by atoms with Gasteiger partial charge in [-0.3, -0.25) is 4.79 Å². The summed E-state index contributed by atoms with van der Waals surface area (Å²) in [4.78, 5) is 23.3. The minimum atomic E-state index is -0.520. The SMILES string of the molecule is O=CC[C@H](C(=O)c1ccccc1)c1ccccc1Cl. The second kappa shape index (κ2) is 6.30. The van der Waals surface area contributed by atoms with Crippen LogP contribution in [0.2, 0.25) is 5.02 Å². The first-order valence-corrected chi connectivity index (χ1v) is 6.39. The number of aldehydes is 1. The molecule has 0 aromatic heterocycles. The highest BCUT2D eigenvalue weighted by Gasteiger charge is 2.23. The molecule has 0 heterocycles. The van der Waals surface area contributed by atoms with Crippen molar-refractivity contribution in [3.8, 4) is 0 Å². The standard InChI is InChI=1S/C16H13ClO2/c17-15-9-5-4-8-13(15)14(10-11-18)16(19)12-6-2-1-3-7-12/h1-9,11,14H,10H2/t14-/m0/s1. The molecule has 0 spiro atoms. The van der Waals surface area contributed by atoms with Gasteiger partial charge >= 0.3 is 0 Å². The molecular weight excluding hydrogens is 260 g/mol. The number of benzene rings is 2. The van der Waals surface area contributed by atoms with E-state index in [1.54, 1.807) is 42.5 Å². The molecular formula is C16H13ClO2. The van der Waals surface area contributed by atoms with Crippen molar-refractivity contribution in [3.05, 3.63) is 70.7 Å². The van der Waals surface area contributed by atoms with E-state index in [1.165, 1.54) is 0 Å². The van der Waals surface area contributed by atoms with Gasteiger partial charge in [0.15, 0.2) is 5.78 Å². The minimum absolute atomic E-state index is 0.0826. The summed E-state index contributed by atoms with van der Waals surface area (Å²) in [6, 6.07) is 16.1. The smallest absolute Gasteiger partial charge is 0.170 e. The summed E-state index contributed by atoms with van der Waals surface area (Å²) in [6.07, 6.45) is 0.895. The fourth-order valence-corrected chi connectivity index (χ4v) is 2.30. The molecule has 2 rings (SSSR count). The molecule has 19 heavy (non-hydrogen) atoms. The summed E-state index contributed by atoms with van der Waals surface area (Å²) in [6.45, 7) is 0. The number of Topliss-reactive ketones (excluding diaryl/α,β-unsaturated/α-hetero) is 1. The fraction of sp³-hybridized carbons (Fsp3) is 0.125. The van der Waals surface area contributed by atoms with E-state index in [1.807, 2.05) is 12.1 Å². The molecule has 0 bridgehead atoms. The Morgan fingerprint density at radius 2 is 1.68 bits per heavy atom. The molecule has 0 saturated carbocycles. The van der Waals surface area contributed by atoms with Crippen LogP contribution in [0.15, 0.2) is 54.6 Å². The van der Waals surface area contributed by atoms with Crippen LogP contribution in [0.3, 0.4) is 0 Å². The van der Waals surface area contributed by atoms with Gasteiger partial charge in [0.2, 0.25) is 0 Å². The third kappa shape index (κ3) is 3.09. The van der Waals surface area contributed by atoms with Gasteiger partial charge in [-0.25, -0.2) is 0 Å². The summed E-state index contributed by atoms with van der Waals surface area (Å²) < 4.78 is 0. The quantitative estimate of drug-likeness (QED) is 0.611. The predicted octanol–water partition coefficient (Wildman–Crippen LogP) is 3.90. The molecule has 0 unspecified atom stereocenters. The minimum Gasteiger partial charge on any atom is -0.303 e. The van der Waals surface area contributed by atoms with Gasteiger partial charge in [0, 0.05) is 17.0 Å². The highest BCUT2D eigenvalue weighted by molar-refractivity contribution is 6.31. The van der Waals surface area contributed by atoms with Crippen LogP contribution < -0.4 is 0 Å². The molecule has 0 fully saturated rings. The average Bonchev–Trinajstić information content (AvgIpc) is 2.46. The van der Waals surface area contributed by atoms with E-state index in [9.17, 15) is 9.59 Å². The van der Waals surface area contributed by atoms with Gasteiger partial charge in [-0.15, -0.1) is 0 Å². The van der Waals surface area contributed by atoms with Crippen molar-refractivity contribution in [3.63, 3.8) is 0 Å². The first kappa shape index (κ1) is 13.5. The molecule has 96 valence electrons. The van der Waals surface area contributed by atoms with Crippen LogP contribution in [0.25, 0.3) is 0 Å². The number of carbonyl (C=O) groups excluding carboxylic acids is 2. The third-order valence-electron chi connectivity index (χ3n) is 2.99. The van der Waals surface area contributed by atoms with Crippen molar-refractivity contribution < 1.29 is 9.59 Å². The van der Waals surface area contributed by atoms with Crippen molar-refractivity contribution in [2.24, 2.45) is 0 Å². The summed E-state index contributed by atoms with van der Waals surface area (Å²) in [5.41, 5.74) is 1.29. The maximum atomic E-state index is 12.5. The van der Waals surface area contributed by atoms with E-state index in [2.05, 4.69) is 0 Å². The average molecular weight is 273 g/mol. The second-order valence-corrected chi connectivity index (χ2v) is 4.61. The van der Waals surface area contributed by atoms with Crippen LogP contribution in [0.4, 0.5) is 0 Å². The molecule has 3 heteroatoms. The lowest BCUT2D eigenvalue weighted by Crippen LogP contribution is -2.14. The van der Waals surface area contributed by atoms with Crippen LogP contribution in [0.5, 0.6) is 0 Å². The third-order valence-corrected chi connectivity index (χ3v) is 3.33. The maximum absolute atomic E-state index is 12.5. The second-order valence-electron chi connectivity index (χ2n) is 4.21. The Morgan fingerprint density at radius 3 is 2.32 bits per heavy atom. The number of rotatable bonds is 5. The van der Waals surface area contributed by atoms with Gasteiger partial charge < -0.3 is 4.79 Å².